The molecule has 1 aromatic rings. The van der Waals surface area contributed by atoms with Gasteiger partial charge in [0.1, 0.15) is 0 Å². The highest BCUT2D eigenvalue weighted by atomic mass is 19.4. The standard InChI is InChI=1S/C22H24F3N3O5/c1-20-10-27(9-15(31-3)32-4)11-21(2,33-20)17-16(20)18(29)28(19(17)30)13-6-5-12(8-26)14(7-13)22(23,24)25/h5-7,15-17H,9-11H2,1-4H3. The molecule has 2 amide bonds. The number of morpholine rings is 1. The Balaban J connectivity index is 1.69. The van der Waals surface area contributed by atoms with E-state index in [1.807, 2.05) is 4.90 Å². The topological polar surface area (TPSA) is 92.1 Å². The first-order valence-corrected chi connectivity index (χ1v) is 10.4. The van der Waals surface area contributed by atoms with Crippen molar-refractivity contribution in [3.63, 3.8) is 0 Å². The van der Waals surface area contributed by atoms with Crippen LogP contribution in [0.5, 0.6) is 0 Å². The molecular weight excluding hydrogens is 443 g/mol. The van der Waals surface area contributed by atoms with E-state index in [1.54, 1.807) is 13.8 Å². The number of nitrogens with zero attached hydrogens (tertiary/aromatic N) is 3. The second-order valence-corrected chi connectivity index (χ2v) is 9.10. The lowest BCUT2D eigenvalue weighted by Gasteiger charge is -2.45. The number of fused-ring (bicyclic) bond motifs is 5. The van der Waals surface area contributed by atoms with Crippen molar-refractivity contribution in [2.75, 3.05) is 38.8 Å². The Morgan fingerprint density at radius 3 is 2.15 bits per heavy atom. The predicted molar refractivity (Wildman–Crippen MR) is 108 cm³/mol. The third kappa shape index (κ3) is 3.61. The van der Waals surface area contributed by atoms with E-state index in [0.717, 1.165) is 11.0 Å². The average molecular weight is 467 g/mol. The van der Waals surface area contributed by atoms with Crippen LogP contribution in [0.2, 0.25) is 0 Å². The summed E-state index contributed by atoms with van der Waals surface area (Å²) < 4.78 is 57.1. The molecule has 4 atom stereocenters. The molecule has 3 heterocycles. The van der Waals surface area contributed by atoms with Gasteiger partial charge in [-0.2, -0.15) is 18.4 Å². The molecule has 0 N–H and O–H groups in total. The largest absolute Gasteiger partial charge is 0.417 e. The Morgan fingerprint density at radius 2 is 1.70 bits per heavy atom. The van der Waals surface area contributed by atoms with Crippen LogP contribution < -0.4 is 4.90 Å². The molecule has 0 saturated carbocycles. The van der Waals surface area contributed by atoms with E-state index >= 15 is 0 Å². The SMILES string of the molecule is COC(CN1CC2(C)OC(C)(C1)C1C(=O)N(c3ccc(C#N)c(C(F)(F)F)c3)C(=O)C12)OC. The number of carbonyl (C=O) groups is 2. The normalized spacial score (nSPS) is 31.9. The number of hydrogen-bond donors (Lipinski definition) is 0. The van der Waals surface area contributed by atoms with E-state index in [9.17, 15) is 22.8 Å². The number of benzene rings is 1. The summed E-state index contributed by atoms with van der Waals surface area (Å²) in [6.45, 7) is 4.52. The van der Waals surface area contributed by atoms with Gasteiger partial charge >= 0.3 is 6.18 Å². The summed E-state index contributed by atoms with van der Waals surface area (Å²) in [5, 5.41) is 9.04. The summed E-state index contributed by atoms with van der Waals surface area (Å²) >= 11 is 0. The highest BCUT2D eigenvalue weighted by Gasteiger charge is 2.71. The molecule has 4 unspecified atom stereocenters. The maximum atomic E-state index is 13.5. The first-order valence-electron chi connectivity index (χ1n) is 10.4. The van der Waals surface area contributed by atoms with Crippen LogP contribution in [0.15, 0.2) is 18.2 Å². The number of amides is 2. The molecule has 8 nitrogen and oxygen atoms in total. The summed E-state index contributed by atoms with van der Waals surface area (Å²) in [5.41, 5.74) is -4.02. The molecule has 0 aliphatic carbocycles. The molecular formula is C22H24F3N3O5. The molecule has 2 bridgehead atoms. The quantitative estimate of drug-likeness (QED) is 0.484. The summed E-state index contributed by atoms with van der Waals surface area (Å²) in [6.07, 6.45) is -5.31. The number of alkyl halides is 3. The van der Waals surface area contributed by atoms with Gasteiger partial charge < -0.3 is 14.2 Å². The van der Waals surface area contributed by atoms with Crippen molar-refractivity contribution in [3.05, 3.63) is 29.3 Å². The van der Waals surface area contributed by atoms with Crippen LogP contribution in [0.4, 0.5) is 18.9 Å². The Bertz CT molecular complexity index is 1000. The zero-order chi connectivity index (χ0) is 24.3. The zero-order valence-electron chi connectivity index (χ0n) is 18.6. The van der Waals surface area contributed by atoms with Crippen molar-refractivity contribution in [1.29, 1.82) is 5.26 Å². The summed E-state index contributed by atoms with van der Waals surface area (Å²) in [6, 6.07) is 4.36. The van der Waals surface area contributed by atoms with Gasteiger partial charge in [-0.3, -0.25) is 14.5 Å². The van der Waals surface area contributed by atoms with Crippen molar-refractivity contribution in [1.82, 2.24) is 4.90 Å². The lowest BCUT2D eigenvalue weighted by molar-refractivity contribution is -0.186. The third-order valence-corrected chi connectivity index (χ3v) is 6.78. The van der Waals surface area contributed by atoms with Gasteiger partial charge in [-0.1, -0.05) is 0 Å². The molecule has 11 heteroatoms. The Kier molecular flexibility index (Phi) is 5.56. The minimum Gasteiger partial charge on any atom is -0.365 e. The second-order valence-electron chi connectivity index (χ2n) is 9.10. The van der Waals surface area contributed by atoms with Crippen molar-refractivity contribution in [2.24, 2.45) is 11.8 Å². The molecule has 3 aliphatic rings. The minimum atomic E-state index is -4.81. The van der Waals surface area contributed by atoms with Gasteiger partial charge in [0.15, 0.2) is 6.29 Å². The van der Waals surface area contributed by atoms with Gasteiger partial charge in [-0.05, 0) is 32.0 Å². The third-order valence-electron chi connectivity index (χ3n) is 6.78. The van der Waals surface area contributed by atoms with Crippen LogP contribution in [0.25, 0.3) is 0 Å². The van der Waals surface area contributed by atoms with Gasteiger partial charge in [0.2, 0.25) is 11.8 Å². The number of rotatable bonds is 5. The van der Waals surface area contributed by atoms with E-state index in [0.29, 0.717) is 25.7 Å². The van der Waals surface area contributed by atoms with Crippen molar-refractivity contribution in [3.8, 4) is 6.07 Å². The minimum absolute atomic E-state index is 0.202. The predicted octanol–water partition coefficient (Wildman–Crippen LogP) is 2.16. The van der Waals surface area contributed by atoms with E-state index in [4.69, 9.17) is 19.5 Å². The fourth-order valence-corrected chi connectivity index (χ4v) is 5.61. The Labute approximate surface area is 188 Å². The van der Waals surface area contributed by atoms with Gasteiger partial charge in [-0.25, -0.2) is 4.90 Å². The van der Waals surface area contributed by atoms with Crippen LogP contribution >= 0.6 is 0 Å². The van der Waals surface area contributed by atoms with Crippen LogP contribution in [-0.4, -0.2) is 68.1 Å². The number of likely N-dealkylation sites (tertiary alicyclic amines) is 1. The second kappa shape index (κ2) is 7.77. The zero-order valence-corrected chi connectivity index (χ0v) is 18.6. The number of anilines is 1. The number of hydrogen-bond acceptors (Lipinski definition) is 7. The number of nitriles is 1. The maximum Gasteiger partial charge on any atom is 0.417 e. The molecule has 178 valence electrons. The maximum absolute atomic E-state index is 13.5. The molecule has 0 aromatic heterocycles. The first kappa shape index (κ1) is 23.6. The molecule has 4 rings (SSSR count). The van der Waals surface area contributed by atoms with Crippen molar-refractivity contribution in [2.45, 2.75) is 37.5 Å². The van der Waals surface area contributed by atoms with Gasteiger partial charge in [0.25, 0.3) is 0 Å². The van der Waals surface area contributed by atoms with Gasteiger partial charge in [0.05, 0.1) is 45.9 Å². The lowest BCUT2D eigenvalue weighted by Crippen LogP contribution is -2.59. The molecule has 3 fully saturated rings. The van der Waals surface area contributed by atoms with Crippen molar-refractivity contribution < 1.29 is 37.0 Å². The number of methoxy groups -OCH3 is 2. The molecule has 1 aromatic carbocycles. The molecule has 33 heavy (non-hydrogen) atoms. The van der Waals surface area contributed by atoms with E-state index in [-0.39, 0.29) is 5.69 Å². The molecule has 0 spiro atoms. The highest BCUT2D eigenvalue weighted by molar-refractivity contribution is 6.23. The average Bonchev–Trinajstić information content (AvgIpc) is 3.11. The van der Waals surface area contributed by atoms with Crippen LogP contribution in [0.1, 0.15) is 25.0 Å². The Hall–Kier alpha value is -2.52. The fourth-order valence-electron chi connectivity index (χ4n) is 5.61. The monoisotopic (exact) mass is 467 g/mol. The summed E-state index contributed by atoms with van der Waals surface area (Å²) in [7, 11) is 3.03. The van der Waals surface area contributed by atoms with Crippen molar-refractivity contribution >= 4 is 17.5 Å². The smallest absolute Gasteiger partial charge is 0.365 e. The van der Waals surface area contributed by atoms with Crippen LogP contribution in [0.3, 0.4) is 0 Å². The summed E-state index contributed by atoms with van der Waals surface area (Å²) in [4.78, 5) is 29.7. The van der Waals surface area contributed by atoms with E-state index in [2.05, 4.69) is 0 Å². The van der Waals surface area contributed by atoms with Crippen LogP contribution in [0, 0.1) is 23.2 Å². The summed E-state index contributed by atoms with van der Waals surface area (Å²) in [5.74, 6) is -2.92. The number of imide groups is 1. The van der Waals surface area contributed by atoms with Gasteiger partial charge in [-0.15, -0.1) is 0 Å². The molecule has 0 radical (unpaired) electrons. The van der Waals surface area contributed by atoms with Gasteiger partial charge in [0, 0.05) is 33.9 Å². The number of carbonyl (C=O) groups excluding carboxylic acids is 2. The number of halogens is 3. The highest BCUT2D eigenvalue weighted by Crippen LogP contribution is 2.55. The molecule has 3 aliphatic heterocycles. The van der Waals surface area contributed by atoms with Crippen LogP contribution in [-0.2, 0) is 30.0 Å². The van der Waals surface area contributed by atoms with E-state index < -0.39 is 58.4 Å². The Morgan fingerprint density at radius 1 is 1.15 bits per heavy atom. The van der Waals surface area contributed by atoms with E-state index in [1.165, 1.54) is 26.4 Å². The lowest BCUT2D eigenvalue weighted by atomic mass is 9.79. The molecule has 3 saturated heterocycles. The number of ether oxygens (including phenoxy) is 3. The first-order chi connectivity index (χ1) is 15.4. The fraction of sp³-hybridized carbons (Fsp3) is 0.591.